The van der Waals surface area contributed by atoms with Gasteiger partial charge in [-0.25, -0.2) is 4.98 Å². The molecule has 3 aromatic rings. The zero-order valence-electron chi connectivity index (χ0n) is 17.0. The van der Waals surface area contributed by atoms with E-state index in [0.29, 0.717) is 12.0 Å². The fourth-order valence-corrected chi connectivity index (χ4v) is 3.32. The van der Waals surface area contributed by atoms with Crippen molar-refractivity contribution in [3.05, 3.63) is 65.8 Å². The van der Waals surface area contributed by atoms with Gasteiger partial charge in [-0.15, -0.1) is 13.2 Å². The molecule has 10 nitrogen and oxygen atoms in total. The lowest BCUT2D eigenvalue weighted by Crippen LogP contribution is -2.27. The molecule has 2 aromatic heterocycles. The van der Waals surface area contributed by atoms with E-state index in [2.05, 4.69) is 30.2 Å². The molecule has 0 saturated carbocycles. The summed E-state index contributed by atoms with van der Waals surface area (Å²) in [5.74, 6) is -0.520. The highest BCUT2D eigenvalue weighted by molar-refractivity contribution is 5.91. The van der Waals surface area contributed by atoms with Gasteiger partial charge in [0.25, 0.3) is 5.91 Å². The van der Waals surface area contributed by atoms with Crippen LogP contribution in [0.2, 0.25) is 0 Å². The lowest BCUT2D eigenvalue weighted by Gasteiger charge is -2.22. The van der Waals surface area contributed by atoms with E-state index in [1.54, 1.807) is 0 Å². The van der Waals surface area contributed by atoms with E-state index in [-0.39, 0.29) is 48.6 Å². The molecule has 33 heavy (non-hydrogen) atoms. The lowest BCUT2D eigenvalue weighted by atomic mass is 10.1. The highest BCUT2D eigenvalue weighted by atomic mass is 19.4. The Morgan fingerprint density at radius 3 is 2.73 bits per heavy atom. The van der Waals surface area contributed by atoms with Gasteiger partial charge in [-0.3, -0.25) is 14.6 Å². The Morgan fingerprint density at radius 1 is 1.24 bits per heavy atom. The average molecular weight is 462 g/mol. The van der Waals surface area contributed by atoms with Crippen LogP contribution in [0.15, 0.2) is 47.4 Å². The maximum Gasteiger partial charge on any atom is 0.573 e. The predicted octanol–water partition coefficient (Wildman–Crippen LogP) is 2.55. The van der Waals surface area contributed by atoms with E-state index in [1.165, 1.54) is 47.8 Å². The molecule has 2 amide bonds. The van der Waals surface area contributed by atoms with Crippen LogP contribution in [0, 0.1) is 0 Å². The molecule has 0 unspecified atom stereocenters. The molecular formula is C20H17F3N6O4. The SMILES string of the molecule is O=C(NCc1noc([C@@H]2CCC(=O)N2Cc2ccc(OC(F)(F)F)cc2)n1)c1cnccn1. The van der Waals surface area contributed by atoms with Gasteiger partial charge in [-0.2, -0.15) is 4.98 Å². The second-order valence-corrected chi connectivity index (χ2v) is 7.09. The Labute approximate surface area is 184 Å². The molecule has 0 bridgehead atoms. The van der Waals surface area contributed by atoms with Crippen LogP contribution in [0.3, 0.4) is 0 Å². The number of alkyl halides is 3. The normalized spacial score (nSPS) is 16.2. The average Bonchev–Trinajstić information content (AvgIpc) is 3.40. The molecule has 13 heteroatoms. The number of carbonyl (C=O) groups excluding carboxylic acids is 2. The number of amides is 2. The summed E-state index contributed by atoms with van der Waals surface area (Å²) in [4.78, 5) is 38.0. The lowest BCUT2D eigenvalue weighted by molar-refractivity contribution is -0.274. The standard InChI is InChI=1S/C20H17F3N6O4/c21-20(22,23)32-13-3-1-12(2-4-13)11-29-15(5-6-17(29)30)19-27-16(28-33-19)10-26-18(31)14-9-24-7-8-25-14/h1-4,7-9,15H,5-6,10-11H2,(H,26,31)/t15-/m0/s1. The third kappa shape index (κ3) is 5.61. The highest BCUT2D eigenvalue weighted by Crippen LogP contribution is 2.33. The smallest absolute Gasteiger partial charge is 0.406 e. The summed E-state index contributed by atoms with van der Waals surface area (Å²) in [5, 5.41) is 6.44. The summed E-state index contributed by atoms with van der Waals surface area (Å²) in [6.07, 6.45) is 0.0935. The topological polar surface area (TPSA) is 123 Å². The molecule has 1 N–H and O–H groups in total. The zero-order valence-corrected chi connectivity index (χ0v) is 17.0. The van der Waals surface area contributed by atoms with Gasteiger partial charge in [-0.1, -0.05) is 17.3 Å². The minimum Gasteiger partial charge on any atom is -0.406 e. The second kappa shape index (κ2) is 9.22. The van der Waals surface area contributed by atoms with E-state index < -0.39 is 18.3 Å². The van der Waals surface area contributed by atoms with Crippen LogP contribution >= 0.6 is 0 Å². The number of nitrogens with one attached hydrogen (secondary N) is 1. The highest BCUT2D eigenvalue weighted by Gasteiger charge is 2.36. The van der Waals surface area contributed by atoms with E-state index in [9.17, 15) is 22.8 Å². The molecule has 172 valence electrons. The number of rotatable bonds is 7. The van der Waals surface area contributed by atoms with Crippen molar-refractivity contribution in [2.24, 2.45) is 0 Å². The Kier molecular flexibility index (Phi) is 6.20. The molecular weight excluding hydrogens is 445 g/mol. The van der Waals surface area contributed by atoms with Crippen molar-refractivity contribution >= 4 is 11.8 Å². The number of hydrogen-bond donors (Lipinski definition) is 1. The predicted molar refractivity (Wildman–Crippen MR) is 103 cm³/mol. The molecule has 1 aromatic carbocycles. The summed E-state index contributed by atoms with van der Waals surface area (Å²) in [6, 6.07) is 4.78. The van der Waals surface area contributed by atoms with E-state index in [4.69, 9.17) is 4.52 Å². The van der Waals surface area contributed by atoms with Gasteiger partial charge in [0.2, 0.25) is 11.8 Å². The number of benzene rings is 1. The van der Waals surface area contributed by atoms with Crippen molar-refractivity contribution in [2.45, 2.75) is 38.3 Å². The zero-order chi connectivity index (χ0) is 23.4. The third-order valence-corrected chi connectivity index (χ3v) is 4.81. The van der Waals surface area contributed by atoms with E-state index >= 15 is 0 Å². The molecule has 4 rings (SSSR count). The molecule has 1 saturated heterocycles. The second-order valence-electron chi connectivity index (χ2n) is 7.09. The first-order chi connectivity index (χ1) is 15.8. The minimum absolute atomic E-state index is 0.0136. The monoisotopic (exact) mass is 462 g/mol. The molecule has 1 aliphatic rings. The van der Waals surface area contributed by atoms with Gasteiger partial charge < -0.3 is 19.5 Å². The van der Waals surface area contributed by atoms with Crippen molar-refractivity contribution < 1.29 is 32.0 Å². The third-order valence-electron chi connectivity index (χ3n) is 4.81. The van der Waals surface area contributed by atoms with Crippen LogP contribution in [0.4, 0.5) is 13.2 Å². The number of aromatic nitrogens is 4. The van der Waals surface area contributed by atoms with Crippen molar-refractivity contribution in [3.63, 3.8) is 0 Å². The summed E-state index contributed by atoms with van der Waals surface area (Å²) in [5.41, 5.74) is 0.751. The van der Waals surface area contributed by atoms with Crippen LogP contribution in [0.1, 0.15) is 46.7 Å². The summed E-state index contributed by atoms with van der Waals surface area (Å²) >= 11 is 0. The van der Waals surface area contributed by atoms with Gasteiger partial charge in [0, 0.05) is 25.4 Å². The molecule has 1 aliphatic heterocycles. The van der Waals surface area contributed by atoms with Gasteiger partial charge in [-0.05, 0) is 24.1 Å². The Morgan fingerprint density at radius 2 is 2.03 bits per heavy atom. The Balaban J connectivity index is 1.39. The van der Waals surface area contributed by atoms with Crippen LogP contribution < -0.4 is 10.1 Å². The maximum absolute atomic E-state index is 12.4. The Bertz CT molecular complexity index is 1120. The number of nitrogens with zero attached hydrogens (tertiary/aromatic N) is 5. The van der Waals surface area contributed by atoms with Crippen LogP contribution in [0.5, 0.6) is 5.75 Å². The van der Waals surface area contributed by atoms with Crippen molar-refractivity contribution in [1.29, 1.82) is 0 Å². The first-order valence-corrected chi connectivity index (χ1v) is 9.79. The summed E-state index contributed by atoms with van der Waals surface area (Å²) in [7, 11) is 0. The van der Waals surface area contributed by atoms with E-state index in [1.807, 2.05) is 0 Å². The maximum atomic E-state index is 12.4. The van der Waals surface area contributed by atoms with Crippen LogP contribution in [-0.4, -0.2) is 43.2 Å². The molecule has 0 spiro atoms. The number of ether oxygens (including phenoxy) is 1. The van der Waals surface area contributed by atoms with Gasteiger partial charge >= 0.3 is 6.36 Å². The van der Waals surface area contributed by atoms with Crippen LogP contribution in [0.25, 0.3) is 0 Å². The molecule has 0 radical (unpaired) electrons. The number of halogens is 3. The first-order valence-electron chi connectivity index (χ1n) is 9.79. The summed E-state index contributed by atoms with van der Waals surface area (Å²) in [6.45, 7) is 0.136. The van der Waals surface area contributed by atoms with Crippen molar-refractivity contribution in [1.82, 2.24) is 30.3 Å². The van der Waals surface area contributed by atoms with Gasteiger partial charge in [0.1, 0.15) is 17.5 Å². The van der Waals surface area contributed by atoms with Gasteiger partial charge in [0.15, 0.2) is 5.82 Å². The Hall–Kier alpha value is -4.03. The quantitative estimate of drug-likeness (QED) is 0.568. The van der Waals surface area contributed by atoms with Crippen molar-refractivity contribution in [3.8, 4) is 5.75 Å². The largest absolute Gasteiger partial charge is 0.573 e. The van der Waals surface area contributed by atoms with Crippen molar-refractivity contribution in [2.75, 3.05) is 0 Å². The van der Waals surface area contributed by atoms with Crippen LogP contribution in [-0.2, 0) is 17.9 Å². The van der Waals surface area contributed by atoms with Gasteiger partial charge in [0.05, 0.1) is 12.7 Å². The summed E-state index contributed by atoms with van der Waals surface area (Å²) < 4.78 is 46.1. The molecule has 0 aliphatic carbocycles. The number of carbonyl (C=O) groups is 2. The molecule has 1 atom stereocenters. The van der Waals surface area contributed by atoms with E-state index in [0.717, 1.165) is 0 Å². The fourth-order valence-electron chi connectivity index (χ4n) is 3.32. The molecule has 3 heterocycles. The minimum atomic E-state index is -4.78. The molecule has 1 fully saturated rings. The number of hydrogen-bond acceptors (Lipinski definition) is 8. The first kappa shape index (κ1) is 22.2. The fraction of sp³-hybridized carbons (Fsp3) is 0.300. The number of likely N-dealkylation sites (tertiary alicyclic amines) is 1.